The van der Waals surface area contributed by atoms with Gasteiger partial charge in [0.15, 0.2) is 0 Å². The standard InChI is InChI=1S/C23H28NO6P/c1-23(2,3)18-11-7-8-12-19(18)24-21(16-9-5-4-6-10-16)31(29,30)15-17(22(27)28)13-14-20(25)26/h4-12,17,29-30H,13-15H2,1-3H3,(H-,25,26,27,28)/p+1. The van der Waals surface area contributed by atoms with Crippen molar-refractivity contribution in [2.75, 3.05) is 6.16 Å². The molecule has 1 unspecified atom stereocenters. The molecule has 2 aromatic rings. The fourth-order valence-corrected chi connectivity index (χ4v) is 5.20. The lowest BCUT2D eigenvalue weighted by Crippen LogP contribution is -2.24. The Morgan fingerprint density at radius 2 is 1.55 bits per heavy atom. The molecule has 0 bridgehead atoms. The minimum absolute atomic E-state index is 0.0198. The summed E-state index contributed by atoms with van der Waals surface area (Å²) in [4.78, 5) is 49.4. The van der Waals surface area contributed by atoms with Crippen molar-refractivity contribution in [1.29, 1.82) is 0 Å². The summed E-state index contributed by atoms with van der Waals surface area (Å²) in [6.45, 7) is 6.07. The van der Waals surface area contributed by atoms with E-state index in [-0.39, 0.29) is 23.7 Å². The SMILES string of the molecule is CC(C)(C)c1ccccc1N=C(c1ccccc1)[P+](O)(O)CC(CCC(=O)O)C(=O)O. The van der Waals surface area contributed by atoms with E-state index in [4.69, 9.17) is 5.11 Å². The van der Waals surface area contributed by atoms with Crippen LogP contribution in [-0.2, 0) is 15.0 Å². The van der Waals surface area contributed by atoms with Gasteiger partial charge in [-0.05, 0) is 35.6 Å². The average Bonchev–Trinajstić information content (AvgIpc) is 2.69. The molecule has 0 saturated heterocycles. The van der Waals surface area contributed by atoms with Gasteiger partial charge in [-0.3, -0.25) is 9.59 Å². The van der Waals surface area contributed by atoms with Gasteiger partial charge in [0.1, 0.15) is 6.16 Å². The van der Waals surface area contributed by atoms with E-state index in [2.05, 4.69) is 4.99 Å². The van der Waals surface area contributed by atoms with Gasteiger partial charge in [0, 0.05) is 12.0 Å². The van der Waals surface area contributed by atoms with Gasteiger partial charge in [-0.15, -0.1) is 0 Å². The average molecular weight is 446 g/mol. The van der Waals surface area contributed by atoms with Gasteiger partial charge in [-0.2, -0.15) is 0 Å². The van der Waals surface area contributed by atoms with Gasteiger partial charge in [0.05, 0.1) is 11.6 Å². The normalized spacial score (nSPS) is 13.6. The van der Waals surface area contributed by atoms with E-state index in [0.717, 1.165) is 5.56 Å². The topological polar surface area (TPSA) is 127 Å². The number of aliphatic carboxylic acids is 2. The zero-order chi connectivity index (χ0) is 23.2. The Balaban J connectivity index is 2.56. The van der Waals surface area contributed by atoms with Crippen LogP contribution in [0.4, 0.5) is 5.69 Å². The van der Waals surface area contributed by atoms with Crippen molar-refractivity contribution in [2.45, 2.75) is 39.0 Å². The number of aliphatic imine (C=N–C) groups is 1. The molecule has 4 N–H and O–H groups in total. The summed E-state index contributed by atoms with van der Waals surface area (Å²) < 4.78 is 0. The maximum Gasteiger partial charge on any atom is 0.320 e. The Labute approximate surface area is 182 Å². The quantitative estimate of drug-likeness (QED) is 0.333. The minimum Gasteiger partial charge on any atom is -0.481 e. The first-order valence-corrected chi connectivity index (χ1v) is 11.8. The first-order valence-electron chi connectivity index (χ1n) is 9.94. The minimum atomic E-state index is -4.01. The molecule has 0 heterocycles. The molecule has 0 amide bonds. The molecule has 31 heavy (non-hydrogen) atoms. The first-order chi connectivity index (χ1) is 14.4. The van der Waals surface area contributed by atoms with Crippen molar-refractivity contribution >= 4 is 30.8 Å². The van der Waals surface area contributed by atoms with Gasteiger partial charge in [-0.1, -0.05) is 57.2 Å². The number of hydrogen-bond acceptors (Lipinski definition) is 5. The molecule has 166 valence electrons. The second kappa shape index (κ2) is 10.1. The maximum absolute atomic E-state index is 11.7. The largest absolute Gasteiger partial charge is 0.481 e. The summed E-state index contributed by atoms with van der Waals surface area (Å²) in [6, 6.07) is 16.0. The van der Waals surface area contributed by atoms with Crippen LogP contribution in [0, 0.1) is 5.92 Å². The summed E-state index contributed by atoms with van der Waals surface area (Å²) in [7, 11) is -4.01. The van der Waals surface area contributed by atoms with E-state index in [1.807, 2.05) is 32.9 Å². The van der Waals surface area contributed by atoms with Gasteiger partial charge in [0.2, 0.25) is 5.45 Å². The number of carboxylic acid groups (broad SMARTS) is 2. The third-order valence-electron chi connectivity index (χ3n) is 4.84. The Bertz CT molecular complexity index is 950. The number of benzene rings is 2. The lowest BCUT2D eigenvalue weighted by Gasteiger charge is -2.22. The van der Waals surface area contributed by atoms with Crippen molar-refractivity contribution in [3.05, 3.63) is 65.7 Å². The molecule has 0 aliphatic heterocycles. The fraction of sp³-hybridized carbons (Fsp3) is 0.348. The molecule has 0 fully saturated rings. The number of rotatable bonds is 9. The van der Waals surface area contributed by atoms with Gasteiger partial charge in [-0.25, -0.2) is 14.8 Å². The summed E-state index contributed by atoms with van der Waals surface area (Å²) in [5.74, 6) is -3.62. The van der Waals surface area contributed by atoms with Crippen molar-refractivity contribution in [2.24, 2.45) is 10.9 Å². The zero-order valence-corrected chi connectivity index (χ0v) is 18.8. The van der Waals surface area contributed by atoms with E-state index in [1.54, 1.807) is 42.5 Å². The van der Waals surface area contributed by atoms with Crippen LogP contribution in [0.1, 0.15) is 44.7 Å². The number of para-hydroxylation sites is 1. The van der Waals surface area contributed by atoms with Crippen molar-refractivity contribution in [3.8, 4) is 0 Å². The van der Waals surface area contributed by atoms with Gasteiger partial charge in [0.25, 0.3) is 0 Å². The smallest absolute Gasteiger partial charge is 0.320 e. The van der Waals surface area contributed by atoms with E-state index in [9.17, 15) is 24.5 Å². The molecule has 7 nitrogen and oxygen atoms in total. The van der Waals surface area contributed by atoms with E-state index >= 15 is 0 Å². The molecular formula is C23H29NO6P+. The highest BCUT2D eigenvalue weighted by Gasteiger charge is 2.46. The monoisotopic (exact) mass is 446 g/mol. The highest BCUT2D eigenvalue weighted by Crippen LogP contribution is 2.56. The van der Waals surface area contributed by atoms with Crippen LogP contribution in [0.3, 0.4) is 0 Å². The number of hydrogen-bond donors (Lipinski definition) is 4. The molecule has 0 aliphatic carbocycles. The van der Waals surface area contributed by atoms with Crippen LogP contribution in [0.2, 0.25) is 0 Å². The number of carbonyl (C=O) groups is 2. The molecule has 0 aromatic heterocycles. The lowest BCUT2D eigenvalue weighted by molar-refractivity contribution is -0.142. The van der Waals surface area contributed by atoms with Crippen LogP contribution in [0.15, 0.2) is 59.6 Å². The highest BCUT2D eigenvalue weighted by atomic mass is 31.2. The summed E-state index contributed by atoms with van der Waals surface area (Å²) in [6.07, 6.45) is -1.06. The molecule has 0 aliphatic rings. The van der Waals surface area contributed by atoms with Crippen molar-refractivity contribution in [1.82, 2.24) is 0 Å². The predicted octanol–water partition coefficient (Wildman–Crippen LogP) is 4.46. The molecule has 1 atom stereocenters. The second-order valence-corrected chi connectivity index (χ2v) is 10.7. The number of nitrogens with zero attached hydrogens (tertiary/aromatic N) is 1. The summed E-state index contributed by atoms with van der Waals surface area (Å²) >= 11 is 0. The van der Waals surface area contributed by atoms with Crippen LogP contribution in [0.5, 0.6) is 0 Å². The maximum atomic E-state index is 11.7. The van der Waals surface area contributed by atoms with Crippen LogP contribution in [-0.4, -0.2) is 43.6 Å². The van der Waals surface area contributed by atoms with E-state index in [0.29, 0.717) is 11.3 Å². The lowest BCUT2D eigenvalue weighted by atomic mass is 9.86. The van der Waals surface area contributed by atoms with E-state index < -0.39 is 31.7 Å². The Kier molecular flexibility index (Phi) is 8.07. The van der Waals surface area contributed by atoms with Gasteiger partial charge >= 0.3 is 19.7 Å². The molecule has 2 aromatic carbocycles. The second-order valence-electron chi connectivity index (χ2n) is 8.45. The van der Waals surface area contributed by atoms with E-state index in [1.165, 1.54) is 0 Å². The summed E-state index contributed by atoms with van der Waals surface area (Å²) in [5.41, 5.74) is 1.72. The highest BCUT2D eigenvalue weighted by molar-refractivity contribution is 7.82. The van der Waals surface area contributed by atoms with Crippen molar-refractivity contribution < 1.29 is 29.6 Å². The summed E-state index contributed by atoms with van der Waals surface area (Å²) in [5, 5.41) is 18.4. The zero-order valence-electron chi connectivity index (χ0n) is 17.9. The predicted molar refractivity (Wildman–Crippen MR) is 122 cm³/mol. The number of carboxylic acids is 2. The fourth-order valence-electron chi connectivity index (χ4n) is 3.24. The Hall–Kier alpha value is -2.60. The Morgan fingerprint density at radius 3 is 2.10 bits per heavy atom. The third kappa shape index (κ3) is 6.96. The molecular weight excluding hydrogens is 417 g/mol. The molecule has 0 saturated carbocycles. The Morgan fingerprint density at radius 1 is 0.968 bits per heavy atom. The molecule has 0 spiro atoms. The third-order valence-corrected chi connectivity index (χ3v) is 6.83. The van der Waals surface area contributed by atoms with Crippen LogP contribution in [0.25, 0.3) is 0 Å². The molecule has 8 heteroatoms. The van der Waals surface area contributed by atoms with Crippen LogP contribution < -0.4 is 0 Å². The first kappa shape index (κ1) is 24.7. The van der Waals surface area contributed by atoms with Crippen LogP contribution >= 0.6 is 7.72 Å². The van der Waals surface area contributed by atoms with Crippen molar-refractivity contribution in [3.63, 3.8) is 0 Å². The molecule has 0 radical (unpaired) electrons. The van der Waals surface area contributed by atoms with Gasteiger partial charge < -0.3 is 10.2 Å². The molecule has 2 rings (SSSR count).